The molecule has 0 unspecified atom stereocenters. The van der Waals surface area contributed by atoms with Crippen molar-refractivity contribution in [3.63, 3.8) is 0 Å². The number of anilines is 1. The molecule has 2 nitrogen and oxygen atoms in total. The first-order chi connectivity index (χ1) is 9.36. The first-order valence-corrected chi connectivity index (χ1v) is 6.84. The summed E-state index contributed by atoms with van der Waals surface area (Å²) in [5, 5.41) is 0. The van der Waals surface area contributed by atoms with E-state index in [4.69, 9.17) is 5.73 Å². The molecule has 2 aromatic carbocycles. The molecule has 0 heterocycles. The van der Waals surface area contributed by atoms with E-state index in [1.807, 2.05) is 12.1 Å². The summed E-state index contributed by atoms with van der Waals surface area (Å²) in [7, 11) is 0. The molecule has 0 amide bonds. The predicted octanol–water partition coefficient (Wildman–Crippen LogP) is 3.99. The highest BCUT2D eigenvalue weighted by Gasteiger charge is 2.13. The highest BCUT2D eigenvalue weighted by molar-refractivity contribution is 5.97. The van der Waals surface area contributed by atoms with Gasteiger partial charge in [0.2, 0.25) is 0 Å². The molecule has 0 atom stereocenters. The van der Waals surface area contributed by atoms with Gasteiger partial charge >= 0.3 is 0 Å². The molecule has 0 aliphatic carbocycles. The summed E-state index contributed by atoms with van der Waals surface area (Å²) in [6.45, 7) is 6.55. The van der Waals surface area contributed by atoms with Gasteiger partial charge in [-0.25, -0.2) is 0 Å². The monoisotopic (exact) mass is 267 g/mol. The van der Waals surface area contributed by atoms with Crippen molar-refractivity contribution in [1.82, 2.24) is 0 Å². The Hall–Kier alpha value is -2.09. The zero-order valence-electron chi connectivity index (χ0n) is 12.3. The number of Topliss-reactive ketones (excluding diaryl/α,β-unsaturated/α-hetero) is 1. The van der Waals surface area contributed by atoms with Crippen LogP contribution in [0.2, 0.25) is 0 Å². The van der Waals surface area contributed by atoms with Crippen LogP contribution in [0, 0.1) is 0 Å². The highest BCUT2D eigenvalue weighted by atomic mass is 16.1. The van der Waals surface area contributed by atoms with E-state index in [0.29, 0.717) is 17.7 Å². The molecule has 0 saturated carbocycles. The van der Waals surface area contributed by atoms with Crippen LogP contribution < -0.4 is 5.73 Å². The fourth-order valence-electron chi connectivity index (χ4n) is 2.08. The molecule has 104 valence electrons. The Bertz CT molecular complexity index is 589. The third kappa shape index (κ3) is 3.47. The van der Waals surface area contributed by atoms with Gasteiger partial charge in [-0.3, -0.25) is 4.79 Å². The van der Waals surface area contributed by atoms with Crippen molar-refractivity contribution in [3.8, 4) is 0 Å². The third-order valence-electron chi connectivity index (χ3n) is 3.42. The predicted molar refractivity (Wildman–Crippen MR) is 84.0 cm³/mol. The van der Waals surface area contributed by atoms with Crippen LogP contribution in [0.5, 0.6) is 0 Å². The van der Waals surface area contributed by atoms with Crippen LogP contribution in [0.15, 0.2) is 48.5 Å². The molecule has 0 aromatic heterocycles. The minimum atomic E-state index is 0.119. The molecule has 0 bridgehead atoms. The molecule has 0 aliphatic rings. The van der Waals surface area contributed by atoms with E-state index in [1.165, 1.54) is 5.56 Å². The molecule has 2 rings (SSSR count). The van der Waals surface area contributed by atoms with Crippen LogP contribution >= 0.6 is 0 Å². The average molecular weight is 267 g/mol. The minimum Gasteiger partial charge on any atom is -0.399 e. The van der Waals surface area contributed by atoms with Gasteiger partial charge in [-0.05, 0) is 40.8 Å². The fourth-order valence-corrected chi connectivity index (χ4v) is 2.08. The number of benzene rings is 2. The van der Waals surface area contributed by atoms with E-state index < -0.39 is 0 Å². The number of carbonyl (C=O) groups is 1. The average Bonchev–Trinajstić information content (AvgIpc) is 2.39. The van der Waals surface area contributed by atoms with Crippen molar-refractivity contribution in [2.75, 3.05) is 5.73 Å². The van der Waals surface area contributed by atoms with Crippen LogP contribution in [0.3, 0.4) is 0 Å². The van der Waals surface area contributed by atoms with E-state index in [-0.39, 0.29) is 11.2 Å². The van der Waals surface area contributed by atoms with E-state index in [2.05, 4.69) is 32.9 Å². The lowest BCUT2D eigenvalue weighted by Gasteiger charge is -2.19. The lowest BCUT2D eigenvalue weighted by molar-refractivity contribution is 0.0993. The van der Waals surface area contributed by atoms with E-state index >= 15 is 0 Å². The Morgan fingerprint density at radius 1 is 0.950 bits per heavy atom. The summed E-state index contributed by atoms with van der Waals surface area (Å²) >= 11 is 0. The largest absolute Gasteiger partial charge is 0.399 e. The highest BCUT2D eigenvalue weighted by Crippen LogP contribution is 2.22. The Morgan fingerprint density at radius 3 is 2.00 bits per heavy atom. The Balaban J connectivity index is 2.10. The summed E-state index contributed by atoms with van der Waals surface area (Å²) in [4.78, 5) is 12.2. The summed E-state index contributed by atoms with van der Waals surface area (Å²) in [6, 6.07) is 15.4. The summed E-state index contributed by atoms with van der Waals surface area (Å²) in [5.74, 6) is 0.119. The summed E-state index contributed by atoms with van der Waals surface area (Å²) in [5.41, 5.74) is 9.47. The van der Waals surface area contributed by atoms with E-state index in [1.54, 1.807) is 24.3 Å². The minimum absolute atomic E-state index is 0.119. The van der Waals surface area contributed by atoms with Gasteiger partial charge in [0.1, 0.15) is 0 Å². The molecule has 2 N–H and O–H groups in total. The second-order valence-electron chi connectivity index (χ2n) is 6.17. The van der Waals surface area contributed by atoms with Crippen LogP contribution in [-0.2, 0) is 11.8 Å². The number of ketones is 1. The molecule has 0 spiro atoms. The number of carbonyl (C=O) groups excluding carboxylic acids is 1. The lowest BCUT2D eigenvalue weighted by atomic mass is 9.86. The SMILES string of the molecule is CC(C)(C)c1ccc(CC(=O)c2ccc(N)cc2)cc1. The Kier molecular flexibility index (Phi) is 3.93. The summed E-state index contributed by atoms with van der Waals surface area (Å²) in [6.07, 6.45) is 0.425. The molecule has 2 aromatic rings. The Morgan fingerprint density at radius 2 is 1.50 bits per heavy atom. The van der Waals surface area contributed by atoms with Crippen LogP contribution in [-0.4, -0.2) is 5.78 Å². The molecule has 0 fully saturated rings. The van der Waals surface area contributed by atoms with Crippen molar-refractivity contribution >= 4 is 11.5 Å². The number of nitrogen functional groups attached to an aromatic ring is 1. The van der Waals surface area contributed by atoms with Crippen molar-refractivity contribution in [1.29, 1.82) is 0 Å². The van der Waals surface area contributed by atoms with Crippen molar-refractivity contribution in [2.24, 2.45) is 0 Å². The molecule has 0 saturated heterocycles. The standard InChI is InChI=1S/C18H21NO/c1-18(2,3)15-8-4-13(5-9-15)12-17(20)14-6-10-16(19)11-7-14/h4-11H,12,19H2,1-3H3. The zero-order chi connectivity index (χ0) is 14.8. The molecule has 0 aliphatic heterocycles. The first-order valence-electron chi connectivity index (χ1n) is 6.84. The number of hydrogen-bond donors (Lipinski definition) is 1. The van der Waals surface area contributed by atoms with Crippen molar-refractivity contribution < 1.29 is 4.79 Å². The number of hydrogen-bond acceptors (Lipinski definition) is 2. The maximum atomic E-state index is 12.2. The van der Waals surface area contributed by atoms with E-state index in [9.17, 15) is 4.79 Å². The van der Waals surface area contributed by atoms with Crippen LogP contribution in [0.25, 0.3) is 0 Å². The van der Waals surface area contributed by atoms with Gasteiger partial charge in [0.05, 0.1) is 0 Å². The van der Waals surface area contributed by atoms with Crippen molar-refractivity contribution in [3.05, 3.63) is 65.2 Å². The van der Waals surface area contributed by atoms with Crippen LogP contribution in [0.4, 0.5) is 5.69 Å². The van der Waals surface area contributed by atoms with Gasteiger partial charge in [-0.1, -0.05) is 45.0 Å². The topological polar surface area (TPSA) is 43.1 Å². The lowest BCUT2D eigenvalue weighted by Crippen LogP contribution is -2.11. The second-order valence-corrected chi connectivity index (χ2v) is 6.17. The fraction of sp³-hybridized carbons (Fsp3) is 0.278. The molecule has 20 heavy (non-hydrogen) atoms. The molecular formula is C18H21NO. The van der Waals surface area contributed by atoms with Gasteiger partial charge in [-0.2, -0.15) is 0 Å². The van der Waals surface area contributed by atoms with Gasteiger partial charge in [-0.15, -0.1) is 0 Å². The quantitative estimate of drug-likeness (QED) is 0.675. The number of rotatable bonds is 3. The van der Waals surface area contributed by atoms with Gasteiger partial charge < -0.3 is 5.73 Å². The maximum Gasteiger partial charge on any atom is 0.167 e. The third-order valence-corrected chi connectivity index (χ3v) is 3.42. The van der Waals surface area contributed by atoms with Crippen LogP contribution in [0.1, 0.15) is 42.3 Å². The summed E-state index contributed by atoms with van der Waals surface area (Å²) < 4.78 is 0. The maximum absolute atomic E-state index is 12.2. The van der Waals surface area contributed by atoms with Gasteiger partial charge in [0.25, 0.3) is 0 Å². The number of nitrogens with two attached hydrogens (primary N) is 1. The smallest absolute Gasteiger partial charge is 0.167 e. The second kappa shape index (κ2) is 5.49. The molecule has 2 heteroatoms. The normalized spacial score (nSPS) is 11.3. The van der Waals surface area contributed by atoms with Gasteiger partial charge in [0, 0.05) is 17.7 Å². The first kappa shape index (κ1) is 14.3. The van der Waals surface area contributed by atoms with E-state index in [0.717, 1.165) is 5.56 Å². The molecular weight excluding hydrogens is 246 g/mol. The zero-order valence-corrected chi connectivity index (χ0v) is 12.3. The van der Waals surface area contributed by atoms with Crippen molar-refractivity contribution in [2.45, 2.75) is 32.6 Å². The van der Waals surface area contributed by atoms with Gasteiger partial charge in [0.15, 0.2) is 5.78 Å². The Labute approximate surface area is 120 Å². The molecule has 0 radical (unpaired) electrons.